The fourth-order valence-electron chi connectivity index (χ4n) is 2.56. The van der Waals surface area contributed by atoms with Crippen molar-refractivity contribution in [1.29, 1.82) is 0 Å². The fraction of sp³-hybridized carbons (Fsp3) is 0.0556. The van der Waals surface area contributed by atoms with Crippen LogP contribution in [0.3, 0.4) is 0 Å². The van der Waals surface area contributed by atoms with Crippen molar-refractivity contribution in [1.82, 2.24) is 5.32 Å². The molecule has 2 aromatic carbocycles. The van der Waals surface area contributed by atoms with Crippen molar-refractivity contribution in [2.45, 2.75) is 0 Å². The molecule has 0 aliphatic rings. The van der Waals surface area contributed by atoms with E-state index in [4.69, 9.17) is 5.11 Å². The Morgan fingerprint density at radius 2 is 1.67 bits per heavy atom. The van der Waals surface area contributed by atoms with Crippen LogP contribution < -0.4 is 10.9 Å². The Labute approximate surface area is 149 Å². The summed E-state index contributed by atoms with van der Waals surface area (Å²) in [5.74, 6) is -5.40. The van der Waals surface area contributed by atoms with E-state index in [9.17, 15) is 28.3 Å². The van der Waals surface area contributed by atoms with E-state index in [1.807, 2.05) is 0 Å². The molecule has 1 heterocycles. The molecule has 3 rings (SSSR count). The van der Waals surface area contributed by atoms with E-state index in [0.717, 1.165) is 12.1 Å². The van der Waals surface area contributed by atoms with E-state index >= 15 is 0 Å². The first-order chi connectivity index (χ1) is 12.8. The van der Waals surface area contributed by atoms with Crippen LogP contribution in [0.25, 0.3) is 21.9 Å². The van der Waals surface area contributed by atoms with Crippen LogP contribution in [0.15, 0.2) is 45.6 Å². The van der Waals surface area contributed by atoms with Gasteiger partial charge in [-0.15, -0.1) is 0 Å². The quantitative estimate of drug-likeness (QED) is 0.644. The molecule has 9 heteroatoms. The highest BCUT2D eigenvalue weighted by Crippen LogP contribution is 2.29. The van der Waals surface area contributed by atoms with Gasteiger partial charge in [0.1, 0.15) is 12.1 Å². The molecule has 0 bridgehead atoms. The first-order valence-corrected chi connectivity index (χ1v) is 7.53. The lowest BCUT2D eigenvalue weighted by Gasteiger charge is -2.09. The highest BCUT2D eigenvalue weighted by Gasteiger charge is 2.21. The number of aromatic hydroxyl groups is 1. The number of carbonyl (C=O) groups excluding carboxylic acids is 1. The van der Waals surface area contributed by atoms with Crippen molar-refractivity contribution in [2.24, 2.45) is 0 Å². The first kappa shape index (κ1) is 18.1. The van der Waals surface area contributed by atoms with Gasteiger partial charge < -0.3 is 19.9 Å². The van der Waals surface area contributed by atoms with Crippen molar-refractivity contribution >= 4 is 22.6 Å². The molecule has 1 amide bonds. The zero-order valence-electron chi connectivity index (χ0n) is 13.5. The van der Waals surface area contributed by atoms with Crippen molar-refractivity contribution in [3.8, 4) is 17.1 Å². The largest absolute Gasteiger partial charge is 0.480 e. The van der Waals surface area contributed by atoms with Crippen LogP contribution in [-0.2, 0) is 4.79 Å². The molecule has 3 aromatic rings. The normalized spacial score (nSPS) is 10.7. The van der Waals surface area contributed by atoms with Gasteiger partial charge in [0.05, 0.1) is 5.39 Å². The smallest absolute Gasteiger partial charge is 0.346 e. The van der Waals surface area contributed by atoms with E-state index in [-0.39, 0.29) is 16.3 Å². The SMILES string of the molecule is O=C(O)CNC(=O)c1c(O)oc(=O)c2ccc(-c3ccc(F)c(F)c3)cc12. The molecule has 27 heavy (non-hydrogen) atoms. The lowest BCUT2D eigenvalue weighted by Crippen LogP contribution is -2.29. The van der Waals surface area contributed by atoms with Gasteiger partial charge in [-0.2, -0.15) is 0 Å². The summed E-state index contributed by atoms with van der Waals surface area (Å²) in [4.78, 5) is 34.8. The molecule has 0 unspecified atom stereocenters. The molecule has 0 aliphatic heterocycles. The molecule has 0 radical (unpaired) electrons. The van der Waals surface area contributed by atoms with Crippen LogP contribution in [0.5, 0.6) is 5.95 Å². The summed E-state index contributed by atoms with van der Waals surface area (Å²) in [7, 11) is 0. The topological polar surface area (TPSA) is 117 Å². The average molecular weight is 375 g/mol. The number of hydrogen-bond donors (Lipinski definition) is 3. The summed E-state index contributed by atoms with van der Waals surface area (Å²) in [6.45, 7) is -0.720. The maximum absolute atomic E-state index is 13.5. The molecule has 0 aliphatic carbocycles. The van der Waals surface area contributed by atoms with E-state index in [0.29, 0.717) is 5.56 Å². The van der Waals surface area contributed by atoms with Crippen molar-refractivity contribution in [3.63, 3.8) is 0 Å². The Morgan fingerprint density at radius 1 is 1.00 bits per heavy atom. The molecule has 0 fully saturated rings. The van der Waals surface area contributed by atoms with Gasteiger partial charge in [-0.3, -0.25) is 9.59 Å². The van der Waals surface area contributed by atoms with Crippen LogP contribution in [0.1, 0.15) is 10.4 Å². The molecule has 0 saturated heterocycles. The van der Waals surface area contributed by atoms with E-state index in [1.165, 1.54) is 24.3 Å². The third-order valence-corrected chi connectivity index (χ3v) is 3.79. The zero-order valence-corrected chi connectivity index (χ0v) is 13.5. The lowest BCUT2D eigenvalue weighted by molar-refractivity contribution is -0.135. The van der Waals surface area contributed by atoms with Crippen LogP contribution >= 0.6 is 0 Å². The number of rotatable bonds is 4. The van der Waals surface area contributed by atoms with Crippen LogP contribution in [0.2, 0.25) is 0 Å². The second kappa shape index (κ2) is 6.87. The minimum atomic E-state index is -1.31. The molecule has 0 spiro atoms. The van der Waals surface area contributed by atoms with Gasteiger partial charge in [-0.1, -0.05) is 12.1 Å². The van der Waals surface area contributed by atoms with Crippen molar-refractivity contribution in [2.75, 3.05) is 6.54 Å². The zero-order chi connectivity index (χ0) is 19.7. The molecule has 0 saturated carbocycles. The number of carbonyl (C=O) groups is 2. The van der Waals surface area contributed by atoms with Gasteiger partial charge in [0, 0.05) is 5.39 Å². The number of halogens is 2. The van der Waals surface area contributed by atoms with Gasteiger partial charge in [0.2, 0.25) is 0 Å². The van der Waals surface area contributed by atoms with Gasteiger partial charge in [-0.25, -0.2) is 13.6 Å². The Bertz CT molecular complexity index is 1140. The summed E-state index contributed by atoms with van der Waals surface area (Å²) in [6.07, 6.45) is 0. The molecule has 3 N–H and O–H groups in total. The van der Waals surface area contributed by atoms with Crippen molar-refractivity contribution < 1.29 is 33.0 Å². The molecule has 7 nitrogen and oxygen atoms in total. The Morgan fingerprint density at radius 3 is 2.33 bits per heavy atom. The van der Waals surface area contributed by atoms with Crippen LogP contribution in [-0.4, -0.2) is 28.6 Å². The predicted octanol–water partition coefficient (Wildman–Crippen LogP) is 2.26. The number of amides is 1. The number of carboxylic acids is 1. The number of carboxylic acid groups (broad SMARTS) is 1. The second-order valence-corrected chi connectivity index (χ2v) is 5.54. The maximum Gasteiger partial charge on any atom is 0.346 e. The summed E-state index contributed by atoms with van der Waals surface area (Å²) in [5.41, 5.74) is -0.775. The molecular weight excluding hydrogens is 364 g/mol. The van der Waals surface area contributed by atoms with E-state index in [1.54, 1.807) is 0 Å². The third-order valence-electron chi connectivity index (χ3n) is 3.79. The minimum absolute atomic E-state index is 0.0335. The van der Waals surface area contributed by atoms with Gasteiger partial charge in [0.15, 0.2) is 11.6 Å². The summed E-state index contributed by atoms with van der Waals surface area (Å²) >= 11 is 0. The van der Waals surface area contributed by atoms with E-state index < -0.39 is 47.2 Å². The second-order valence-electron chi connectivity index (χ2n) is 5.54. The first-order valence-electron chi connectivity index (χ1n) is 7.53. The number of fused-ring (bicyclic) bond motifs is 1. The summed E-state index contributed by atoms with van der Waals surface area (Å²) in [6, 6.07) is 7.20. The predicted molar refractivity (Wildman–Crippen MR) is 89.5 cm³/mol. The van der Waals surface area contributed by atoms with Gasteiger partial charge in [0.25, 0.3) is 11.9 Å². The molecule has 1 aromatic heterocycles. The van der Waals surface area contributed by atoms with Crippen molar-refractivity contribution in [3.05, 3.63) is 64.0 Å². The van der Waals surface area contributed by atoms with Gasteiger partial charge >= 0.3 is 11.6 Å². The number of benzene rings is 2. The Balaban J connectivity index is 2.20. The standard InChI is InChI=1S/C18H11F2NO6/c19-12-4-2-9(6-13(12)20)8-1-3-10-11(5-8)15(18(26)27-17(10)25)16(24)21-7-14(22)23/h1-6,26H,7H2,(H,21,24)(H,22,23). The lowest BCUT2D eigenvalue weighted by atomic mass is 9.99. The highest BCUT2D eigenvalue weighted by molar-refractivity contribution is 6.09. The highest BCUT2D eigenvalue weighted by atomic mass is 19.2. The third kappa shape index (κ3) is 3.47. The fourth-order valence-corrected chi connectivity index (χ4v) is 2.56. The monoisotopic (exact) mass is 375 g/mol. The van der Waals surface area contributed by atoms with Crippen LogP contribution in [0.4, 0.5) is 8.78 Å². The minimum Gasteiger partial charge on any atom is -0.480 e. The summed E-state index contributed by atoms with van der Waals surface area (Å²) < 4.78 is 31.2. The Hall–Kier alpha value is -3.75. The van der Waals surface area contributed by atoms with E-state index in [2.05, 4.69) is 9.73 Å². The van der Waals surface area contributed by atoms with Gasteiger partial charge in [-0.05, 0) is 35.4 Å². The molecular formula is C18H11F2NO6. The van der Waals surface area contributed by atoms with Crippen LogP contribution in [0, 0.1) is 11.6 Å². The number of nitrogens with one attached hydrogen (secondary N) is 1. The number of aliphatic carboxylic acids is 1. The summed E-state index contributed by atoms with van der Waals surface area (Å²) in [5, 5.41) is 20.5. The number of hydrogen-bond acceptors (Lipinski definition) is 5. The molecule has 0 atom stereocenters. The Kier molecular flexibility index (Phi) is 4.59. The maximum atomic E-state index is 13.5. The average Bonchev–Trinajstić information content (AvgIpc) is 2.61. The molecule has 138 valence electrons.